The van der Waals surface area contributed by atoms with Crippen LogP contribution in [0.5, 0.6) is 0 Å². The van der Waals surface area contributed by atoms with Gasteiger partial charge in [-0.1, -0.05) is 42.5 Å². The molecule has 0 atom stereocenters. The normalized spacial score (nSPS) is 10.4. The van der Waals surface area contributed by atoms with E-state index in [1.165, 1.54) is 0 Å². The number of pyridine rings is 2. The van der Waals surface area contributed by atoms with Crippen molar-refractivity contribution in [3.05, 3.63) is 107 Å². The van der Waals surface area contributed by atoms with Crippen molar-refractivity contribution in [1.29, 1.82) is 5.26 Å². The second-order valence-electron chi connectivity index (χ2n) is 6.43. The molecule has 0 N–H and O–H groups in total. The average Bonchev–Trinajstić information content (AvgIpc) is 2.75. The summed E-state index contributed by atoms with van der Waals surface area (Å²) in [5.41, 5.74) is 4.66. The quantitative estimate of drug-likeness (QED) is 0.528. The molecule has 0 saturated carbocycles. The Morgan fingerprint density at radius 3 is 2.32 bits per heavy atom. The lowest BCUT2D eigenvalue weighted by Crippen LogP contribution is -2.22. The molecule has 0 bridgehead atoms. The Labute approximate surface area is 163 Å². The van der Waals surface area contributed by atoms with E-state index >= 15 is 0 Å². The zero-order valence-electron chi connectivity index (χ0n) is 15.3. The third-order valence-electron chi connectivity index (χ3n) is 4.76. The van der Waals surface area contributed by atoms with Gasteiger partial charge in [0.15, 0.2) is 0 Å². The molecule has 0 saturated heterocycles. The monoisotopic (exact) mass is 363 g/mol. The van der Waals surface area contributed by atoms with Crippen LogP contribution in [0.15, 0.2) is 90.0 Å². The zero-order valence-corrected chi connectivity index (χ0v) is 15.3. The molecule has 0 radical (unpaired) electrons. The maximum absolute atomic E-state index is 13.5. The minimum absolute atomic E-state index is 0.161. The number of para-hydroxylation sites is 1. The highest BCUT2D eigenvalue weighted by molar-refractivity contribution is 5.79. The van der Waals surface area contributed by atoms with Crippen LogP contribution in [-0.4, -0.2) is 9.55 Å². The Morgan fingerprint density at radius 2 is 1.61 bits per heavy atom. The fraction of sp³-hybridized carbons (Fsp3) is 0.0417. The minimum Gasteiger partial charge on any atom is -0.283 e. The highest BCUT2D eigenvalue weighted by atomic mass is 16.1. The summed E-state index contributed by atoms with van der Waals surface area (Å²) in [6, 6.07) is 24.6. The van der Waals surface area contributed by atoms with Gasteiger partial charge in [-0.3, -0.25) is 14.3 Å². The first-order valence-electron chi connectivity index (χ1n) is 8.93. The summed E-state index contributed by atoms with van der Waals surface area (Å²) in [6.07, 6.45) is 3.56. The summed E-state index contributed by atoms with van der Waals surface area (Å²) in [4.78, 5) is 17.9. The fourth-order valence-electron chi connectivity index (χ4n) is 3.38. The van der Waals surface area contributed by atoms with Gasteiger partial charge in [0.05, 0.1) is 22.9 Å². The van der Waals surface area contributed by atoms with Crippen molar-refractivity contribution < 1.29 is 0 Å². The van der Waals surface area contributed by atoms with Crippen molar-refractivity contribution in [3.8, 4) is 34.1 Å². The molecule has 2 aromatic heterocycles. The van der Waals surface area contributed by atoms with Gasteiger partial charge in [0.1, 0.15) is 0 Å². The lowest BCUT2D eigenvalue weighted by Gasteiger charge is -2.16. The molecule has 0 aliphatic heterocycles. The van der Waals surface area contributed by atoms with E-state index in [1.54, 1.807) is 22.9 Å². The zero-order chi connectivity index (χ0) is 19.5. The summed E-state index contributed by atoms with van der Waals surface area (Å²) in [6.45, 7) is 1.91. The predicted molar refractivity (Wildman–Crippen MR) is 110 cm³/mol. The topological polar surface area (TPSA) is 58.7 Å². The van der Waals surface area contributed by atoms with Gasteiger partial charge in [-0.05, 0) is 42.8 Å². The van der Waals surface area contributed by atoms with Crippen molar-refractivity contribution in [2.75, 3.05) is 0 Å². The largest absolute Gasteiger partial charge is 0.283 e. The number of hydrogen-bond acceptors (Lipinski definition) is 3. The van der Waals surface area contributed by atoms with Gasteiger partial charge in [0.25, 0.3) is 5.56 Å². The molecular formula is C24H17N3O. The molecule has 4 heteroatoms. The molecule has 28 heavy (non-hydrogen) atoms. The molecule has 2 aromatic carbocycles. The third-order valence-corrected chi connectivity index (χ3v) is 4.76. The van der Waals surface area contributed by atoms with Gasteiger partial charge < -0.3 is 0 Å². The maximum atomic E-state index is 13.5. The number of hydrogen-bond donors (Lipinski definition) is 0. The highest BCUT2D eigenvalue weighted by Crippen LogP contribution is 2.30. The van der Waals surface area contributed by atoms with Crippen LogP contribution in [0.1, 0.15) is 11.1 Å². The molecule has 2 heterocycles. The van der Waals surface area contributed by atoms with E-state index in [-0.39, 0.29) is 5.56 Å². The standard InChI is InChI=1S/C24H17N3O/c1-17-21(22-13-7-8-14-26-22)16-27(19-10-3-2-4-11-19)24(28)23(17)20-12-6-5-9-18(20)15-25/h2-14,16H,1H3. The molecule has 0 unspecified atom stereocenters. The van der Waals surface area contributed by atoms with Gasteiger partial charge >= 0.3 is 0 Å². The first-order valence-corrected chi connectivity index (χ1v) is 8.93. The Hall–Kier alpha value is -3.97. The van der Waals surface area contributed by atoms with Crippen LogP contribution in [0.25, 0.3) is 28.1 Å². The summed E-state index contributed by atoms with van der Waals surface area (Å²) in [5, 5.41) is 9.56. The van der Waals surface area contributed by atoms with Gasteiger partial charge in [0.2, 0.25) is 0 Å². The molecule has 0 fully saturated rings. The fourth-order valence-corrected chi connectivity index (χ4v) is 3.38. The number of aromatic nitrogens is 2. The second kappa shape index (κ2) is 7.34. The Morgan fingerprint density at radius 1 is 0.893 bits per heavy atom. The lowest BCUT2D eigenvalue weighted by atomic mass is 9.94. The number of nitriles is 1. The first kappa shape index (κ1) is 17.4. The summed E-state index contributed by atoms with van der Waals surface area (Å²) in [7, 11) is 0. The maximum Gasteiger partial charge on any atom is 0.263 e. The molecule has 4 nitrogen and oxygen atoms in total. The van der Waals surface area contributed by atoms with E-state index in [0.29, 0.717) is 16.7 Å². The van der Waals surface area contributed by atoms with Crippen molar-refractivity contribution in [3.63, 3.8) is 0 Å². The molecule has 0 aliphatic rings. The van der Waals surface area contributed by atoms with E-state index in [2.05, 4.69) is 11.1 Å². The van der Waals surface area contributed by atoms with Crippen LogP contribution >= 0.6 is 0 Å². The van der Waals surface area contributed by atoms with Crippen LogP contribution in [0.3, 0.4) is 0 Å². The van der Waals surface area contributed by atoms with E-state index < -0.39 is 0 Å². The SMILES string of the molecule is Cc1c(-c2ccccn2)cn(-c2ccccc2)c(=O)c1-c1ccccc1C#N. The van der Waals surface area contributed by atoms with Gasteiger partial charge in [0, 0.05) is 29.2 Å². The van der Waals surface area contributed by atoms with Crippen LogP contribution in [0, 0.1) is 18.3 Å². The van der Waals surface area contributed by atoms with Crippen LogP contribution in [0.4, 0.5) is 0 Å². The molecule has 0 spiro atoms. The van der Waals surface area contributed by atoms with Gasteiger partial charge in [-0.25, -0.2) is 0 Å². The molecule has 0 aliphatic carbocycles. The average molecular weight is 363 g/mol. The Kier molecular flexibility index (Phi) is 4.57. The van der Waals surface area contributed by atoms with Crippen molar-refractivity contribution in [1.82, 2.24) is 9.55 Å². The Balaban J connectivity index is 2.11. The first-order chi connectivity index (χ1) is 13.7. The smallest absolute Gasteiger partial charge is 0.263 e. The summed E-state index contributed by atoms with van der Waals surface area (Å²) < 4.78 is 1.63. The molecular weight excluding hydrogens is 346 g/mol. The molecule has 0 amide bonds. The van der Waals surface area contributed by atoms with Crippen LogP contribution < -0.4 is 5.56 Å². The van der Waals surface area contributed by atoms with Crippen molar-refractivity contribution in [2.45, 2.75) is 6.92 Å². The number of nitrogens with zero attached hydrogens (tertiary/aromatic N) is 3. The molecule has 4 aromatic rings. The Bertz CT molecular complexity index is 1240. The van der Waals surface area contributed by atoms with Gasteiger partial charge in [-0.2, -0.15) is 5.26 Å². The molecule has 134 valence electrons. The van der Waals surface area contributed by atoms with E-state index in [4.69, 9.17) is 0 Å². The lowest BCUT2D eigenvalue weighted by molar-refractivity contribution is 0.986. The number of rotatable bonds is 3. The summed E-state index contributed by atoms with van der Waals surface area (Å²) in [5.74, 6) is 0. The molecule has 4 rings (SSSR count). The number of benzene rings is 2. The minimum atomic E-state index is -0.161. The third kappa shape index (κ3) is 3.00. The van der Waals surface area contributed by atoms with E-state index in [0.717, 1.165) is 22.5 Å². The van der Waals surface area contributed by atoms with Crippen molar-refractivity contribution in [2.24, 2.45) is 0 Å². The predicted octanol–water partition coefficient (Wildman–Crippen LogP) is 4.75. The van der Waals surface area contributed by atoms with Crippen LogP contribution in [0.2, 0.25) is 0 Å². The highest BCUT2D eigenvalue weighted by Gasteiger charge is 2.19. The van der Waals surface area contributed by atoms with Crippen molar-refractivity contribution >= 4 is 0 Å². The van der Waals surface area contributed by atoms with Gasteiger partial charge in [-0.15, -0.1) is 0 Å². The van der Waals surface area contributed by atoms with E-state index in [9.17, 15) is 10.1 Å². The van der Waals surface area contributed by atoms with Crippen LogP contribution in [-0.2, 0) is 0 Å². The summed E-state index contributed by atoms with van der Waals surface area (Å²) >= 11 is 0. The second-order valence-corrected chi connectivity index (χ2v) is 6.43. The van der Waals surface area contributed by atoms with E-state index in [1.807, 2.05) is 73.8 Å².